The van der Waals surface area contributed by atoms with Crippen LogP contribution in [-0.4, -0.2) is 43.8 Å². The number of hydrogen-bond donors (Lipinski definition) is 1. The molecule has 0 aliphatic heterocycles. The van der Waals surface area contributed by atoms with Crippen LogP contribution < -0.4 is 20.3 Å². The van der Waals surface area contributed by atoms with Crippen molar-refractivity contribution in [3.05, 3.63) is 59.0 Å². The topological polar surface area (TPSA) is 96.1 Å². The molecule has 0 unspecified atom stereocenters. The first-order valence-corrected chi connectivity index (χ1v) is 12.6. The summed E-state index contributed by atoms with van der Waals surface area (Å²) in [5.74, 6) is 2.19. The molecule has 1 saturated carbocycles. The second kappa shape index (κ2) is 10.4. The highest BCUT2D eigenvalue weighted by Crippen LogP contribution is 2.36. The highest BCUT2D eigenvalue weighted by Gasteiger charge is 2.27. The average molecular weight is 489 g/mol. The van der Waals surface area contributed by atoms with Crippen LogP contribution in [0.2, 0.25) is 0 Å². The number of anilines is 1. The lowest BCUT2D eigenvalue weighted by molar-refractivity contribution is 0.123. The second-order valence-electron chi connectivity index (χ2n) is 9.05. The van der Waals surface area contributed by atoms with Crippen molar-refractivity contribution in [2.75, 3.05) is 18.5 Å². The monoisotopic (exact) mass is 488 g/mol. The molecule has 1 aliphatic rings. The van der Waals surface area contributed by atoms with Gasteiger partial charge >= 0.3 is 0 Å². The SMILES string of the molecule is CCNc1cc2c(cn1)c(-c1ccc(OCC)cc1)nn2[C@H]1CC[C@@H](Oc2ccc(=O)n(C)n2)CC1. The number of rotatable bonds is 8. The number of aryl methyl sites for hydroxylation is 1. The molecule has 5 rings (SSSR count). The van der Waals surface area contributed by atoms with Crippen LogP contribution in [0.1, 0.15) is 45.6 Å². The molecule has 188 valence electrons. The maximum atomic E-state index is 11.6. The fraction of sp³-hybridized carbons (Fsp3) is 0.407. The molecule has 1 N–H and O–H groups in total. The van der Waals surface area contributed by atoms with Gasteiger partial charge in [0.2, 0.25) is 5.88 Å². The van der Waals surface area contributed by atoms with E-state index in [1.54, 1.807) is 13.1 Å². The number of ether oxygens (including phenoxy) is 2. The summed E-state index contributed by atoms with van der Waals surface area (Å²) >= 11 is 0. The van der Waals surface area contributed by atoms with Crippen molar-refractivity contribution in [2.45, 2.75) is 51.7 Å². The molecule has 36 heavy (non-hydrogen) atoms. The largest absolute Gasteiger partial charge is 0.494 e. The van der Waals surface area contributed by atoms with Gasteiger partial charge in [-0.2, -0.15) is 5.10 Å². The Labute approximate surface area is 210 Å². The van der Waals surface area contributed by atoms with Crippen LogP contribution in [-0.2, 0) is 7.05 Å². The van der Waals surface area contributed by atoms with Crippen molar-refractivity contribution < 1.29 is 9.47 Å². The molecular weight excluding hydrogens is 456 g/mol. The van der Waals surface area contributed by atoms with Gasteiger partial charge in [0.15, 0.2) is 0 Å². The van der Waals surface area contributed by atoms with E-state index in [0.29, 0.717) is 12.5 Å². The Bertz CT molecular complexity index is 1390. The van der Waals surface area contributed by atoms with Crippen molar-refractivity contribution in [1.29, 1.82) is 0 Å². The lowest BCUT2D eigenvalue weighted by Crippen LogP contribution is -2.27. The number of benzene rings is 1. The number of aromatic nitrogens is 5. The van der Waals surface area contributed by atoms with E-state index < -0.39 is 0 Å². The van der Waals surface area contributed by atoms with Crippen LogP contribution in [0.25, 0.3) is 22.2 Å². The molecule has 1 aliphatic carbocycles. The zero-order valence-electron chi connectivity index (χ0n) is 21.0. The minimum atomic E-state index is -0.147. The van der Waals surface area contributed by atoms with E-state index in [4.69, 9.17) is 14.6 Å². The molecule has 3 aromatic heterocycles. The zero-order valence-corrected chi connectivity index (χ0v) is 21.0. The second-order valence-corrected chi connectivity index (χ2v) is 9.05. The van der Waals surface area contributed by atoms with Gasteiger partial charge in [0.1, 0.15) is 23.4 Å². The number of nitrogens with one attached hydrogen (secondary N) is 1. The van der Waals surface area contributed by atoms with E-state index in [2.05, 4.69) is 45.2 Å². The highest BCUT2D eigenvalue weighted by molar-refractivity contribution is 5.94. The highest BCUT2D eigenvalue weighted by atomic mass is 16.5. The summed E-state index contributed by atoms with van der Waals surface area (Å²) in [5, 5.41) is 13.7. The number of pyridine rings is 1. The third-order valence-corrected chi connectivity index (χ3v) is 6.60. The Morgan fingerprint density at radius 3 is 2.50 bits per heavy atom. The van der Waals surface area contributed by atoms with Gasteiger partial charge in [0, 0.05) is 48.9 Å². The molecule has 1 aromatic carbocycles. The van der Waals surface area contributed by atoms with Crippen LogP contribution >= 0.6 is 0 Å². The van der Waals surface area contributed by atoms with Crippen LogP contribution in [0.5, 0.6) is 11.6 Å². The van der Waals surface area contributed by atoms with Crippen molar-refractivity contribution in [3.63, 3.8) is 0 Å². The minimum Gasteiger partial charge on any atom is -0.494 e. The first-order valence-electron chi connectivity index (χ1n) is 12.6. The number of nitrogens with zero attached hydrogens (tertiary/aromatic N) is 5. The maximum Gasteiger partial charge on any atom is 0.266 e. The lowest BCUT2D eigenvalue weighted by atomic mass is 9.93. The van der Waals surface area contributed by atoms with E-state index in [9.17, 15) is 4.79 Å². The summed E-state index contributed by atoms with van der Waals surface area (Å²) in [6, 6.07) is 13.6. The Morgan fingerprint density at radius 2 is 1.81 bits per heavy atom. The molecule has 4 aromatic rings. The molecule has 9 nitrogen and oxygen atoms in total. The van der Waals surface area contributed by atoms with Crippen molar-refractivity contribution in [1.82, 2.24) is 24.5 Å². The molecule has 0 atom stereocenters. The quantitative estimate of drug-likeness (QED) is 0.388. The summed E-state index contributed by atoms with van der Waals surface area (Å²) in [6.45, 7) is 5.49. The predicted octanol–water partition coefficient (Wildman–Crippen LogP) is 4.59. The smallest absolute Gasteiger partial charge is 0.266 e. The molecule has 0 saturated heterocycles. The molecular formula is C27H32N6O3. The van der Waals surface area contributed by atoms with Gasteiger partial charge in [-0.05, 0) is 63.8 Å². The van der Waals surface area contributed by atoms with E-state index in [0.717, 1.165) is 66.0 Å². The molecule has 9 heteroatoms. The van der Waals surface area contributed by atoms with Crippen LogP contribution in [0, 0.1) is 0 Å². The van der Waals surface area contributed by atoms with Gasteiger partial charge in [-0.3, -0.25) is 9.48 Å². The normalized spacial score (nSPS) is 17.8. The van der Waals surface area contributed by atoms with E-state index in [1.165, 1.54) is 10.7 Å². The summed E-state index contributed by atoms with van der Waals surface area (Å²) in [6.07, 6.45) is 5.64. The average Bonchev–Trinajstić information content (AvgIpc) is 3.26. The van der Waals surface area contributed by atoms with Crippen LogP contribution in [0.15, 0.2) is 53.5 Å². The number of hydrogen-bond acceptors (Lipinski definition) is 7. The Morgan fingerprint density at radius 1 is 1.03 bits per heavy atom. The Hall–Kier alpha value is -3.88. The lowest BCUT2D eigenvalue weighted by Gasteiger charge is -2.29. The first-order chi connectivity index (χ1) is 17.6. The first kappa shape index (κ1) is 23.8. The molecule has 3 heterocycles. The van der Waals surface area contributed by atoms with E-state index in [-0.39, 0.29) is 17.7 Å². The van der Waals surface area contributed by atoms with Gasteiger partial charge in [0.05, 0.1) is 18.2 Å². The van der Waals surface area contributed by atoms with Gasteiger partial charge in [0.25, 0.3) is 5.56 Å². The van der Waals surface area contributed by atoms with E-state index >= 15 is 0 Å². The summed E-state index contributed by atoms with van der Waals surface area (Å²) in [5.41, 5.74) is 2.90. The van der Waals surface area contributed by atoms with Crippen LogP contribution in [0.3, 0.4) is 0 Å². The van der Waals surface area contributed by atoms with Gasteiger partial charge in [-0.15, -0.1) is 5.10 Å². The van der Waals surface area contributed by atoms with Gasteiger partial charge in [-0.1, -0.05) is 0 Å². The van der Waals surface area contributed by atoms with Gasteiger partial charge < -0.3 is 14.8 Å². The molecule has 0 radical (unpaired) electrons. The number of fused-ring (bicyclic) bond motifs is 1. The van der Waals surface area contributed by atoms with Crippen molar-refractivity contribution in [2.24, 2.45) is 7.05 Å². The standard InChI is InChI=1S/C27H32N6O3/c1-4-28-24-16-23-22(17-29-24)27(18-6-10-20(11-7-18)35-5-2)31-33(23)19-8-12-21(13-9-19)36-25-14-15-26(34)32(3)30-25/h6-7,10-11,14-17,19,21H,4-5,8-9,12-13H2,1-3H3,(H,28,29)/t19-,21+. The van der Waals surface area contributed by atoms with Crippen molar-refractivity contribution in [3.8, 4) is 22.9 Å². The summed E-state index contributed by atoms with van der Waals surface area (Å²) < 4.78 is 15.2. The van der Waals surface area contributed by atoms with Gasteiger partial charge in [-0.25, -0.2) is 9.67 Å². The maximum absolute atomic E-state index is 11.6. The Balaban J connectivity index is 1.40. The fourth-order valence-corrected chi connectivity index (χ4v) is 4.80. The van der Waals surface area contributed by atoms with Crippen LogP contribution in [0.4, 0.5) is 5.82 Å². The van der Waals surface area contributed by atoms with Crippen molar-refractivity contribution >= 4 is 16.7 Å². The minimum absolute atomic E-state index is 0.0673. The summed E-state index contributed by atoms with van der Waals surface area (Å²) in [7, 11) is 1.63. The fourth-order valence-electron chi connectivity index (χ4n) is 4.80. The third kappa shape index (κ3) is 4.91. The summed E-state index contributed by atoms with van der Waals surface area (Å²) in [4.78, 5) is 16.2. The zero-order chi connectivity index (χ0) is 25.1. The molecule has 0 spiro atoms. The van der Waals surface area contributed by atoms with E-state index in [1.807, 2.05) is 25.3 Å². The molecule has 1 fully saturated rings. The molecule has 0 bridgehead atoms. The third-order valence-electron chi connectivity index (χ3n) is 6.60. The predicted molar refractivity (Wildman–Crippen MR) is 140 cm³/mol. The molecule has 0 amide bonds. The Kier molecular flexibility index (Phi) is 6.88.